The molecule has 2 aromatic rings. The van der Waals surface area contributed by atoms with Gasteiger partial charge in [0.2, 0.25) is 0 Å². The van der Waals surface area contributed by atoms with Crippen LogP contribution in [0.3, 0.4) is 0 Å². The first-order valence-electron chi connectivity index (χ1n) is 5.22. The summed E-state index contributed by atoms with van der Waals surface area (Å²) in [5, 5.41) is 0. The summed E-state index contributed by atoms with van der Waals surface area (Å²) in [5.41, 5.74) is 2.74. The number of rotatable bonds is 3. The second-order valence-corrected chi connectivity index (χ2v) is 3.73. The highest BCUT2D eigenvalue weighted by Crippen LogP contribution is 2.11. The number of aromatic nitrogens is 2. The van der Waals surface area contributed by atoms with Gasteiger partial charge in [-0.2, -0.15) is 0 Å². The number of hydrogen-bond acceptors (Lipinski definition) is 5. The second kappa shape index (κ2) is 4.84. The van der Waals surface area contributed by atoms with Crippen LogP contribution in [0.1, 0.15) is 21.8 Å². The normalized spacial score (nSPS) is 10.3. The third kappa shape index (κ3) is 2.30. The zero-order valence-electron chi connectivity index (χ0n) is 9.71. The molecule has 0 fully saturated rings. The summed E-state index contributed by atoms with van der Waals surface area (Å²) in [6.07, 6.45) is 2.77. The van der Waals surface area contributed by atoms with E-state index >= 15 is 0 Å². The third-order valence-electron chi connectivity index (χ3n) is 2.45. The van der Waals surface area contributed by atoms with Crippen LogP contribution in [0.25, 0.3) is 0 Å². The average molecular weight is 248 g/mol. The van der Waals surface area contributed by atoms with E-state index in [0.717, 1.165) is 0 Å². The molecule has 0 saturated heterocycles. The summed E-state index contributed by atoms with van der Waals surface area (Å²) in [6.45, 7) is 1.85. The molecule has 94 valence electrons. The molecule has 0 unspecified atom stereocenters. The van der Waals surface area contributed by atoms with E-state index in [2.05, 4.69) is 4.98 Å². The summed E-state index contributed by atoms with van der Waals surface area (Å²) in [5.74, 6) is 4.94. The Bertz CT molecular complexity index is 629. The topological polar surface area (TPSA) is 103 Å². The van der Waals surface area contributed by atoms with Gasteiger partial charge >= 0.3 is 0 Å². The van der Waals surface area contributed by atoms with Crippen LogP contribution in [0, 0.1) is 6.92 Å². The standard InChI is InChI=1S/C11H12N4O3/c1-7-4-10(16)15(6-13-7)5-9-8(2-3-18-9)11(17)14-12/h2-4,6H,5,12H2,1H3,(H,14,17). The zero-order chi connectivity index (χ0) is 13.1. The Kier molecular flexibility index (Phi) is 3.24. The van der Waals surface area contributed by atoms with Crippen LogP contribution in [0.15, 0.2) is 33.9 Å². The maximum atomic E-state index is 11.7. The monoisotopic (exact) mass is 248 g/mol. The van der Waals surface area contributed by atoms with E-state index in [-0.39, 0.29) is 12.1 Å². The number of hydrazine groups is 1. The summed E-state index contributed by atoms with van der Waals surface area (Å²) < 4.78 is 6.52. The van der Waals surface area contributed by atoms with Gasteiger partial charge in [0, 0.05) is 11.8 Å². The van der Waals surface area contributed by atoms with E-state index in [1.54, 1.807) is 6.92 Å². The van der Waals surface area contributed by atoms with E-state index in [1.807, 2.05) is 5.43 Å². The van der Waals surface area contributed by atoms with Crippen LogP contribution in [0.5, 0.6) is 0 Å². The number of hydrogen-bond donors (Lipinski definition) is 2. The molecule has 0 saturated carbocycles. The first-order chi connectivity index (χ1) is 8.61. The molecule has 1 amide bonds. The van der Waals surface area contributed by atoms with Crippen molar-refractivity contribution in [2.45, 2.75) is 13.5 Å². The number of aryl methyl sites for hydroxylation is 1. The summed E-state index contributed by atoms with van der Waals surface area (Å²) in [6, 6.07) is 2.90. The van der Waals surface area contributed by atoms with Gasteiger partial charge in [0.25, 0.3) is 11.5 Å². The van der Waals surface area contributed by atoms with Gasteiger partial charge in [0.05, 0.1) is 24.7 Å². The molecule has 2 aromatic heterocycles. The number of carbonyl (C=O) groups excluding carboxylic acids is 1. The summed E-state index contributed by atoms with van der Waals surface area (Å²) in [7, 11) is 0. The largest absolute Gasteiger partial charge is 0.467 e. The maximum Gasteiger partial charge on any atom is 0.268 e. The summed E-state index contributed by atoms with van der Waals surface area (Å²) >= 11 is 0. The van der Waals surface area contributed by atoms with E-state index in [0.29, 0.717) is 17.0 Å². The first kappa shape index (κ1) is 12.1. The predicted octanol–water partition coefficient (Wildman–Crippen LogP) is -0.203. The van der Waals surface area contributed by atoms with Crippen LogP contribution < -0.4 is 16.8 Å². The Labute approximate surface area is 102 Å². The zero-order valence-corrected chi connectivity index (χ0v) is 9.71. The van der Waals surface area contributed by atoms with Gasteiger partial charge in [0.1, 0.15) is 5.76 Å². The van der Waals surface area contributed by atoms with Gasteiger partial charge in [-0.3, -0.25) is 19.6 Å². The molecule has 2 rings (SSSR count). The summed E-state index contributed by atoms with van der Waals surface area (Å²) in [4.78, 5) is 27.1. The van der Waals surface area contributed by atoms with Gasteiger partial charge in [-0.15, -0.1) is 0 Å². The molecule has 0 aliphatic heterocycles. The Hall–Kier alpha value is -2.41. The van der Waals surface area contributed by atoms with Gasteiger partial charge in [-0.25, -0.2) is 10.8 Å². The van der Waals surface area contributed by atoms with Crippen molar-refractivity contribution in [2.75, 3.05) is 0 Å². The fourth-order valence-electron chi connectivity index (χ4n) is 1.53. The number of carbonyl (C=O) groups is 1. The molecule has 0 aliphatic carbocycles. The first-order valence-corrected chi connectivity index (χ1v) is 5.22. The number of nitrogens with two attached hydrogens (primary N) is 1. The number of amides is 1. The lowest BCUT2D eigenvalue weighted by molar-refractivity contribution is 0.0951. The van der Waals surface area contributed by atoms with Crippen molar-refractivity contribution in [1.82, 2.24) is 15.0 Å². The van der Waals surface area contributed by atoms with Gasteiger partial charge in [-0.1, -0.05) is 0 Å². The van der Waals surface area contributed by atoms with Crippen molar-refractivity contribution in [3.63, 3.8) is 0 Å². The lowest BCUT2D eigenvalue weighted by Gasteiger charge is -2.04. The molecule has 0 aromatic carbocycles. The minimum absolute atomic E-state index is 0.127. The molecular weight excluding hydrogens is 236 g/mol. The van der Waals surface area contributed by atoms with Crippen molar-refractivity contribution in [2.24, 2.45) is 5.84 Å². The minimum atomic E-state index is -0.466. The predicted molar refractivity (Wildman–Crippen MR) is 62.7 cm³/mol. The fourth-order valence-corrected chi connectivity index (χ4v) is 1.53. The Balaban J connectivity index is 2.32. The Morgan fingerprint density at radius 2 is 2.39 bits per heavy atom. The molecule has 18 heavy (non-hydrogen) atoms. The lowest BCUT2D eigenvalue weighted by atomic mass is 10.2. The fraction of sp³-hybridized carbons (Fsp3) is 0.182. The molecule has 2 heterocycles. The van der Waals surface area contributed by atoms with Crippen molar-refractivity contribution in [1.29, 1.82) is 0 Å². The highest BCUT2D eigenvalue weighted by molar-refractivity contribution is 5.94. The van der Waals surface area contributed by atoms with E-state index in [1.165, 1.54) is 29.3 Å². The molecule has 7 heteroatoms. The second-order valence-electron chi connectivity index (χ2n) is 3.73. The number of nitrogens with zero attached hydrogens (tertiary/aromatic N) is 2. The minimum Gasteiger partial charge on any atom is -0.467 e. The maximum absolute atomic E-state index is 11.7. The molecule has 0 aliphatic rings. The number of nitrogens with one attached hydrogen (secondary N) is 1. The van der Waals surface area contributed by atoms with Crippen molar-refractivity contribution >= 4 is 5.91 Å². The van der Waals surface area contributed by atoms with E-state index in [9.17, 15) is 9.59 Å². The van der Waals surface area contributed by atoms with Crippen LogP contribution in [0.4, 0.5) is 0 Å². The Morgan fingerprint density at radius 1 is 1.61 bits per heavy atom. The molecule has 0 bridgehead atoms. The van der Waals surface area contributed by atoms with Crippen molar-refractivity contribution in [3.05, 3.63) is 52.1 Å². The van der Waals surface area contributed by atoms with Crippen LogP contribution in [0.2, 0.25) is 0 Å². The third-order valence-corrected chi connectivity index (χ3v) is 2.45. The van der Waals surface area contributed by atoms with E-state index < -0.39 is 5.91 Å². The van der Waals surface area contributed by atoms with Crippen molar-refractivity contribution < 1.29 is 9.21 Å². The number of nitrogen functional groups attached to an aromatic ring is 1. The quantitative estimate of drug-likeness (QED) is 0.444. The molecule has 0 spiro atoms. The molecule has 7 nitrogen and oxygen atoms in total. The molecule has 0 radical (unpaired) electrons. The molecular formula is C11H12N4O3. The molecule has 3 N–H and O–H groups in total. The van der Waals surface area contributed by atoms with Crippen LogP contribution in [-0.2, 0) is 6.54 Å². The van der Waals surface area contributed by atoms with Crippen LogP contribution >= 0.6 is 0 Å². The highest BCUT2D eigenvalue weighted by atomic mass is 16.3. The van der Waals surface area contributed by atoms with Gasteiger partial charge < -0.3 is 4.42 Å². The smallest absolute Gasteiger partial charge is 0.268 e. The molecule has 0 atom stereocenters. The van der Waals surface area contributed by atoms with Gasteiger partial charge in [0.15, 0.2) is 0 Å². The SMILES string of the molecule is Cc1cc(=O)n(Cc2occc2C(=O)NN)cn1. The van der Waals surface area contributed by atoms with Crippen LogP contribution in [-0.4, -0.2) is 15.5 Å². The Morgan fingerprint density at radius 3 is 3.06 bits per heavy atom. The number of furan rings is 1. The van der Waals surface area contributed by atoms with E-state index in [4.69, 9.17) is 10.3 Å². The highest BCUT2D eigenvalue weighted by Gasteiger charge is 2.14. The lowest BCUT2D eigenvalue weighted by Crippen LogP contribution is -2.31. The van der Waals surface area contributed by atoms with Gasteiger partial charge in [-0.05, 0) is 13.0 Å². The van der Waals surface area contributed by atoms with Crippen molar-refractivity contribution in [3.8, 4) is 0 Å². The average Bonchev–Trinajstić information content (AvgIpc) is 2.80.